The number of carbonyl (C=O) groups is 2. The van der Waals surface area contributed by atoms with Crippen LogP contribution in [0.3, 0.4) is 0 Å². The Morgan fingerprint density at radius 2 is 1.46 bits per heavy atom. The first-order valence-electron chi connectivity index (χ1n) is 12.9. The van der Waals surface area contributed by atoms with E-state index in [0.717, 1.165) is 12.0 Å². The summed E-state index contributed by atoms with van der Waals surface area (Å²) in [6.45, 7) is 6.52. The number of carbonyl (C=O) groups excluding carboxylic acids is 2. The Labute approximate surface area is 228 Å². The van der Waals surface area contributed by atoms with Crippen molar-refractivity contribution in [1.29, 1.82) is 0 Å². The van der Waals surface area contributed by atoms with Gasteiger partial charge in [0, 0.05) is 24.3 Å². The molecule has 1 fully saturated rings. The lowest BCUT2D eigenvalue weighted by molar-refractivity contribution is -0.132. The molecule has 8 heteroatoms. The summed E-state index contributed by atoms with van der Waals surface area (Å²) in [5.41, 5.74) is 2.41. The predicted octanol–water partition coefficient (Wildman–Crippen LogP) is 5.69. The number of hydrogen-bond acceptors (Lipinski definition) is 7. The van der Waals surface area contributed by atoms with Gasteiger partial charge in [0.15, 0.2) is 0 Å². The number of ketones is 1. The molecule has 1 N–H and O–H groups in total. The van der Waals surface area contributed by atoms with E-state index in [1.807, 2.05) is 45.0 Å². The van der Waals surface area contributed by atoms with Crippen LogP contribution in [0.2, 0.25) is 0 Å². The van der Waals surface area contributed by atoms with Gasteiger partial charge in [-0.05, 0) is 43.5 Å². The Hall–Kier alpha value is -4.46. The molecule has 1 unspecified atom stereocenters. The van der Waals surface area contributed by atoms with Gasteiger partial charge in [-0.3, -0.25) is 14.5 Å². The number of Topliss-reactive ketones (excluding diaryl/α,β-unsaturated/α-hetero) is 1. The van der Waals surface area contributed by atoms with Gasteiger partial charge >= 0.3 is 0 Å². The van der Waals surface area contributed by atoms with E-state index >= 15 is 0 Å². The number of anilines is 1. The third-order valence-corrected chi connectivity index (χ3v) is 6.58. The molecule has 4 rings (SSSR count). The Bertz CT molecular complexity index is 1370. The zero-order valence-corrected chi connectivity index (χ0v) is 22.8. The molecule has 0 saturated carbocycles. The van der Waals surface area contributed by atoms with Gasteiger partial charge in [-0.25, -0.2) is 0 Å². The molecular formula is C31H33NO7. The maximum absolute atomic E-state index is 13.6. The summed E-state index contributed by atoms with van der Waals surface area (Å²) in [6, 6.07) is 16.7. The molecular weight excluding hydrogens is 498 g/mol. The van der Waals surface area contributed by atoms with Gasteiger partial charge in [-0.15, -0.1) is 0 Å². The van der Waals surface area contributed by atoms with Gasteiger partial charge in [-0.1, -0.05) is 31.2 Å². The molecule has 1 amide bonds. The molecule has 0 bridgehead atoms. The minimum absolute atomic E-state index is 0.0452. The lowest BCUT2D eigenvalue weighted by Crippen LogP contribution is -2.29. The number of methoxy groups -OCH3 is 2. The van der Waals surface area contributed by atoms with Crippen molar-refractivity contribution in [3.8, 4) is 23.0 Å². The molecule has 0 aliphatic carbocycles. The van der Waals surface area contributed by atoms with E-state index in [0.29, 0.717) is 47.5 Å². The molecule has 1 aliphatic heterocycles. The van der Waals surface area contributed by atoms with E-state index in [1.54, 1.807) is 36.4 Å². The van der Waals surface area contributed by atoms with E-state index in [2.05, 4.69) is 0 Å². The second-order valence-corrected chi connectivity index (χ2v) is 8.86. The zero-order valence-electron chi connectivity index (χ0n) is 22.8. The van der Waals surface area contributed by atoms with Gasteiger partial charge in [-0.2, -0.15) is 0 Å². The fraction of sp³-hybridized carbons (Fsp3) is 0.290. The summed E-state index contributed by atoms with van der Waals surface area (Å²) in [5, 5.41) is 11.6. The van der Waals surface area contributed by atoms with E-state index in [-0.39, 0.29) is 16.9 Å². The standard InChI is InChI=1S/C31H33NO7/c1-6-19-9-11-20(12-10-19)28-27(29(33)25-14-13-22(38-7-2)18-26(25)39-8-3)30(34)31(35)32(28)21-15-23(36-4)17-24(16-21)37-5/h9-18,28,33H,6-8H2,1-5H3/b29-27-. The number of aliphatic hydroxyl groups excluding tert-OH is 1. The summed E-state index contributed by atoms with van der Waals surface area (Å²) in [5.74, 6) is -0.103. The molecule has 0 radical (unpaired) electrons. The number of amides is 1. The predicted molar refractivity (Wildman–Crippen MR) is 149 cm³/mol. The van der Waals surface area contributed by atoms with Crippen LogP contribution in [0.25, 0.3) is 5.76 Å². The summed E-state index contributed by atoms with van der Waals surface area (Å²) >= 11 is 0. The molecule has 3 aromatic rings. The van der Waals surface area contributed by atoms with Gasteiger partial charge < -0.3 is 24.1 Å². The molecule has 1 atom stereocenters. The second kappa shape index (κ2) is 11.9. The van der Waals surface area contributed by atoms with Crippen LogP contribution < -0.4 is 23.8 Å². The van der Waals surface area contributed by atoms with Crippen LogP contribution in [-0.4, -0.2) is 44.2 Å². The van der Waals surface area contributed by atoms with Crippen molar-refractivity contribution in [2.45, 2.75) is 33.2 Å². The van der Waals surface area contributed by atoms with Crippen LogP contribution in [0.15, 0.2) is 66.2 Å². The van der Waals surface area contributed by atoms with E-state index in [4.69, 9.17) is 18.9 Å². The van der Waals surface area contributed by atoms with E-state index < -0.39 is 17.7 Å². The second-order valence-electron chi connectivity index (χ2n) is 8.86. The highest BCUT2D eigenvalue weighted by Gasteiger charge is 2.47. The summed E-state index contributed by atoms with van der Waals surface area (Å²) < 4.78 is 22.2. The van der Waals surface area contributed by atoms with Crippen molar-refractivity contribution in [3.63, 3.8) is 0 Å². The van der Waals surface area contributed by atoms with Crippen molar-refractivity contribution < 1.29 is 33.6 Å². The highest BCUT2D eigenvalue weighted by Crippen LogP contribution is 2.45. The lowest BCUT2D eigenvalue weighted by atomic mass is 9.94. The number of hydrogen-bond donors (Lipinski definition) is 1. The fourth-order valence-electron chi connectivity index (χ4n) is 4.66. The normalized spacial score (nSPS) is 16.3. The Morgan fingerprint density at radius 1 is 0.821 bits per heavy atom. The molecule has 8 nitrogen and oxygen atoms in total. The topological polar surface area (TPSA) is 94.5 Å². The van der Waals surface area contributed by atoms with Gasteiger partial charge in [0.2, 0.25) is 0 Å². The van der Waals surface area contributed by atoms with Crippen LogP contribution in [-0.2, 0) is 16.0 Å². The first-order chi connectivity index (χ1) is 18.9. The SMILES string of the molecule is CCOc1ccc(/C(O)=C2/C(=O)C(=O)N(c3cc(OC)cc(OC)c3)C2c2ccc(CC)cc2)c(OCC)c1. The minimum atomic E-state index is -0.909. The monoisotopic (exact) mass is 531 g/mol. The number of rotatable bonds is 10. The molecule has 1 aliphatic rings. The molecule has 0 spiro atoms. The third kappa shape index (κ3) is 5.41. The van der Waals surface area contributed by atoms with Crippen LogP contribution >= 0.6 is 0 Å². The summed E-state index contributed by atoms with van der Waals surface area (Å²) in [6.07, 6.45) is 0.831. The van der Waals surface area contributed by atoms with Gasteiger partial charge in [0.05, 0.1) is 50.3 Å². The number of aryl methyl sites for hydroxylation is 1. The first-order valence-corrected chi connectivity index (χ1v) is 12.9. The molecule has 0 aromatic heterocycles. The Balaban J connectivity index is 1.96. The first kappa shape index (κ1) is 27.6. The van der Waals surface area contributed by atoms with Crippen molar-refractivity contribution in [2.24, 2.45) is 0 Å². The zero-order chi connectivity index (χ0) is 28.1. The van der Waals surface area contributed by atoms with Gasteiger partial charge in [0.1, 0.15) is 28.8 Å². The highest BCUT2D eigenvalue weighted by atomic mass is 16.5. The number of aliphatic hydroxyl groups is 1. The fourth-order valence-corrected chi connectivity index (χ4v) is 4.66. The lowest BCUT2D eigenvalue weighted by Gasteiger charge is -2.26. The van der Waals surface area contributed by atoms with E-state index in [1.165, 1.54) is 19.1 Å². The highest BCUT2D eigenvalue weighted by molar-refractivity contribution is 6.51. The Morgan fingerprint density at radius 3 is 2.03 bits per heavy atom. The number of benzene rings is 3. The maximum Gasteiger partial charge on any atom is 0.300 e. The van der Waals surface area contributed by atoms with E-state index in [9.17, 15) is 14.7 Å². The third-order valence-electron chi connectivity index (χ3n) is 6.58. The molecule has 1 heterocycles. The number of ether oxygens (including phenoxy) is 4. The largest absolute Gasteiger partial charge is 0.507 e. The van der Waals surface area contributed by atoms with Crippen molar-refractivity contribution in [1.82, 2.24) is 0 Å². The minimum Gasteiger partial charge on any atom is -0.507 e. The summed E-state index contributed by atoms with van der Waals surface area (Å²) in [4.78, 5) is 28.6. The van der Waals surface area contributed by atoms with Gasteiger partial charge in [0.25, 0.3) is 11.7 Å². The average molecular weight is 532 g/mol. The van der Waals surface area contributed by atoms with Crippen LogP contribution in [0.4, 0.5) is 5.69 Å². The molecule has 3 aromatic carbocycles. The van der Waals surface area contributed by atoms with Crippen molar-refractivity contribution in [2.75, 3.05) is 32.3 Å². The quantitative estimate of drug-likeness (QED) is 0.204. The Kier molecular flexibility index (Phi) is 8.44. The molecule has 204 valence electrons. The van der Waals surface area contributed by atoms with Crippen LogP contribution in [0.5, 0.6) is 23.0 Å². The van der Waals surface area contributed by atoms with Crippen LogP contribution in [0.1, 0.15) is 43.5 Å². The summed E-state index contributed by atoms with van der Waals surface area (Å²) in [7, 11) is 3.02. The van der Waals surface area contributed by atoms with Crippen LogP contribution in [0, 0.1) is 0 Å². The molecule has 39 heavy (non-hydrogen) atoms. The van der Waals surface area contributed by atoms with Crippen molar-refractivity contribution in [3.05, 3.63) is 82.9 Å². The van der Waals surface area contributed by atoms with Crippen molar-refractivity contribution >= 4 is 23.1 Å². The number of nitrogens with zero attached hydrogens (tertiary/aromatic N) is 1. The maximum atomic E-state index is 13.6. The smallest absolute Gasteiger partial charge is 0.300 e. The average Bonchev–Trinajstić information content (AvgIpc) is 3.22. The molecule has 1 saturated heterocycles.